The van der Waals surface area contributed by atoms with Crippen LogP contribution in [0.5, 0.6) is 0 Å². The van der Waals surface area contributed by atoms with Crippen LogP contribution < -0.4 is 5.32 Å². The van der Waals surface area contributed by atoms with Gasteiger partial charge in [0.2, 0.25) is 0 Å². The first-order valence-corrected chi connectivity index (χ1v) is 8.86. The zero-order chi connectivity index (χ0) is 13.2. The fraction of sp³-hybridized carbons (Fsp3) is 0. The van der Waals surface area contributed by atoms with Crippen LogP contribution in [-0.2, 0) is 0 Å². The van der Waals surface area contributed by atoms with Gasteiger partial charge in [-0.25, -0.2) is 0 Å². The standard InChI is InChI=1S/C14H9Br2NS2/c15-9-3-4-11(10(16)8-9)17-14-6-5-13(19-14)12-2-1-7-18-12/h1-8,17H. The van der Waals surface area contributed by atoms with E-state index in [0.717, 1.165) is 19.6 Å². The molecule has 0 aliphatic heterocycles. The Kier molecular flexibility index (Phi) is 4.07. The molecule has 0 aliphatic rings. The summed E-state index contributed by atoms with van der Waals surface area (Å²) in [7, 11) is 0. The number of thiophene rings is 2. The highest BCUT2D eigenvalue weighted by Gasteiger charge is 2.06. The van der Waals surface area contributed by atoms with E-state index in [0.29, 0.717) is 0 Å². The van der Waals surface area contributed by atoms with Crippen LogP contribution in [0.2, 0.25) is 0 Å². The zero-order valence-corrected chi connectivity index (χ0v) is 14.5. The minimum absolute atomic E-state index is 1.05. The van der Waals surface area contributed by atoms with E-state index in [1.54, 1.807) is 22.7 Å². The number of halogens is 2. The topological polar surface area (TPSA) is 12.0 Å². The fourth-order valence-corrected chi connectivity index (χ4v) is 4.58. The molecule has 0 saturated heterocycles. The van der Waals surface area contributed by atoms with Crippen molar-refractivity contribution >= 4 is 65.2 Å². The Morgan fingerprint density at radius 3 is 2.58 bits per heavy atom. The molecule has 0 saturated carbocycles. The summed E-state index contributed by atoms with van der Waals surface area (Å²) < 4.78 is 2.11. The number of hydrogen-bond donors (Lipinski definition) is 1. The quantitative estimate of drug-likeness (QED) is 0.499. The smallest absolute Gasteiger partial charge is 0.0933 e. The molecule has 2 aromatic heterocycles. The summed E-state index contributed by atoms with van der Waals surface area (Å²) in [5, 5.41) is 6.69. The molecular weight excluding hydrogens is 406 g/mol. The van der Waals surface area contributed by atoms with Crippen molar-refractivity contribution in [2.75, 3.05) is 5.32 Å². The third-order valence-corrected chi connectivity index (χ3v) is 5.77. The molecular formula is C14H9Br2NS2. The Morgan fingerprint density at radius 1 is 0.947 bits per heavy atom. The predicted octanol–water partition coefficient (Wildman–Crippen LogP) is 6.75. The van der Waals surface area contributed by atoms with Crippen molar-refractivity contribution in [2.45, 2.75) is 0 Å². The van der Waals surface area contributed by atoms with E-state index in [4.69, 9.17) is 0 Å². The van der Waals surface area contributed by atoms with Crippen molar-refractivity contribution in [3.05, 3.63) is 56.8 Å². The molecule has 0 radical (unpaired) electrons. The highest BCUT2D eigenvalue weighted by atomic mass is 79.9. The summed E-state index contributed by atoms with van der Waals surface area (Å²) in [5.74, 6) is 0. The van der Waals surface area contributed by atoms with E-state index < -0.39 is 0 Å². The van der Waals surface area contributed by atoms with Gasteiger partial charge in [-0.05, 0) is 57.7 Å². The molecule has 1 aromatic carbocycles. The third-order valence-electron chi connectivity index (χ3n) is 2.56. The van der Waals surface area contributed by atoms with Crippen LogP contribution in [0.4, 0.5) is 10.7 Å². The number of anilines is 2. The lowest BCUT2D eigenvalue weighted by Gasteiger charge is -2.06. The van der Waals surface area contributed by atoms with Gasteiger partial charge >= 0.3 is 0 Å². The van der Waals surface area contributed by atoms with Gasteiger partial charge in [0.1, 0.15) is 0 Å². The minimum atomic E-state index is 1.05. The fourth-order valence-electron chi connectivity index (χ4n) is 1.68. The first-order chi connectivity index (χ1) is 9.22. The van der Waals surface area contributed by atoms with E-state index in [1.807, 2.05) is 12.1 Å². The maximum absolute atomic E-state index is 3.56. The third kappa shape index (κ3) is 3.11. The summed E-state index contributed by atoms with van der Waals surface area (Å²) in [5.41, 5.74) is 1.07. The molecule has 0 unspecified atom stereocenters. The zero-order valence-electron chi connectivity index (χ0n) is 9.69. The molecule has 2 heterocycles. The van der Waals surface area contributed by atoms with E-state index >= 15 is 0 Å². The average Bonchev–Trinajstić information content (AvgIpc) is 3.03. The van der Waals surface area contributed by atoms with Crippen LogP contribution >= 0.6 is 54.5 Å². The van der Waals surface area contributed by atoms with Crippen LogP contribution in [-0.4, -0.2) is 0 Å². The van der Waals surface area contributed by atoms with Crippen molar-refractivity contribution in [2.24, 2.45) is 0 Å². The highest BCUT2D eigenvalue weighted by molar-refractivity contribution is 9.11. The Morgan fingerprint density at radius 2 is 1.84 bits per heavy atom. The summed E-state index contributed by atoms with van der Waals surface area (Å²) in [6.07, 6.45) is 0. The first-order valence-electron chi connectivity index (χ1n) is 5.58. The van der Waals surface area contributed by atoms with Crippen LogP contribution in [0.15, 0.2) is 56.8 Å². The number of benzene rings is 1. The van der Waals surface area contributed by atoms with Crippen molar-refractivity contribution in [1.82, 2.24) is 0 Å². The van der Waals surface area contributed by atoms with Crippen molar-refractivity contribution in [3.8, 4) is 9.75 Å². The summed E-state index contributed by atoms with van der Waals surface area (Å²) >= 11 is 10.6. The van der Waals surface area contributed by atoms with Crippen molar-refractivity contribution in [3.63, 3.8) is 0 Å². The molecule has 0 amide bonds. The van der Waals surface area contributed by atoms with E-state index in [1.165, 1.54) is 9.75 Å². The monoisotopic (exact) mass is 413 g/mol. The van der Waals surface area contributed by atoms with E-state index in [9.17, 15) is 0 Å². The Hall–Kier alpha value is -0.620. The SMILES string of the molecule is Brc1ccc(Nc2ccc(-c3cccs3)s2)c(Br)c1. The molecule has 0 atom stereocenters. The lowest BCUT2D eigenvalue weighted by molar-refractivity contribution is 1.54. The molecule has 3 aromatic rings. The Bertz CT molecular complexity index is 689. The first kappa shape index (κ1) is 13.4. The van der Waals surface area contributed by atoms with Gasteiger partial charge in [-0.2, -0.15) is 0 Å². The van der Waals surface area contributed by atoms with Crippen LogP contribution in [0.3, 0.4) is 0 Å². The van der Waals surface area contributed by atoms with Gasteiger partial charge in [0, 0.05) is 18.7 Å². The molecule has 3 rings (SSSR count). The largest absolute Gasteiger partial charge is 0.346 e. The minimum Gasteiger partial charge on any atom is -0.346 e. The Balaban J connectivity index is 1.84. The number of rotatable bonds is 3. The van der Waals surface area contributed by atoms with Crippen LogP contribution in [0.25, 0.3) is 9.75 Å². The molecule has 0 bridgehead atoms. The van der Waals surface area contributed by atoms with Crippen LogP contribution in [0.1, 0.15) is 0 Å². The lowest BCUT2D eigenvalue weighted by Crippen LogP contribution is -1.87. The van der Waals surface area contributed by atoms with Gasteiger partial charge in [0.15, 0.2) is 0 Å². The van der Waals surface area contributed by atoms with Gasteiger partial charge in [0.05, 0.1) is 10.7 Å². The number of nitrogens with one attached hydrogen (secondary N) is 1. The van der Waals surface area contributed by atoms with Gasteiger partial charge in [-0.3, -0.25) is 0 Å². The van der Waals surface area contributed by atoms with Gasteiger partial charge in [0.25, 0.3) is 0 Å². The number of hydrogen-bond acceptors (Lipinski definition) is 3. The lowest BCUT2D eigenvalue weighted by atomic mass is 10.3. The van der Waals surface area contributed by atoms with E-state index in [2.05, 4.69) is 72.9 Å². The summed E-state index contributed by atoms with van der Waals surface area (Å²) in [6, 6.07) is 14.6. The second-order valence-electron chi connectivity index (χ2n) is 3.89. The molecule has 1 N–H and O–H groups in total. The van der Waals surface area contributed by atoms with Crippen molar-refractivity contribution in [1.29, 1.82) is 0 Å². The molecule has 0 aliphatic carbocycles. The van der Waals surface area contributed by atoms with Gasteiger partial charge < -0.3 is 5.32 Å². The predicted molar refractivity (Wildman–Crippen MR) is 92.8 cm³/mol. The molecule has 96 valence electrons. The average molecular weight is 415 g/mol. The second kappa shape index (κ2) is 5.79. The molecule has 1 nitrogen and oxygen atoms in total. The molecule has 5 heteroatoms. The van der Waals surface area contributed by atoms with Gasteiger partial charge in [-0.15, -0.1) is 22.7 Å². The molecule has 0 fully saturated rings. The Labute approximate surface area is 136 Å². The summed E-state index contributed by atoms with van der Waals surface area (Å²) in [4.78, 5) is 2.61. The highest BCUT2D eigenvalue weighted by Crippen LogP contribution is 2.37. The van der Waals surface area contributed by atoms with E-state index in [-0.39, 0.29) is 0 Å². The van der Waals surface area contributed by atoms with Crippen molar-refractivity contribution < 1.29 is 0 Å². The van der Waals surface area contributed by atoms with Crippen LogP contribution in [0, 0.1) is 0 Å². The molecule has 19 heavy (non-hydrogen) atoms. The van der Waals surface area contributed by atoms with Gasteiger partial charge in [-0.1, -0.05) is 22.0 Å². The normalized spacial score (nSPS) is 10.6. The second-order valence-corrected chi connectivity index (χ2v) is 7.69. The summed E-state index contributed by atoms with van der Waals surface area (Å²) in [6.45, 7) is 0. The maximum Gasteiger partial charge on any atom is 0.0933 e. The maximum atomic E-state index is 3.56. The molecule has 0 spiro atoms.